The summed E-state index contributed by atoms with van der Waals surface area (Å²) < 4.78 is 4.81. The first-order chi connectivity index (χ1) is 6.87. The first-order valence-electron chi connectivity index (χ1n) is 4.89. The molecular weight excluding hydrogens is 198 g/mol. The highest BCUT2D eigenvalue weighted by Crippen LogP contribution is 2.08. The molecule has 5 nitrogen and oxygen atoms in total. The van der Waals surface area contributed by atoms with E-state index < -0.39 is 11.5 Å². The molecule has 0 aromatic rings. The van der Waals surface area contributed by atoms with Crippen LogP contribution in [0.3, 0.4) is 0 Å². The van der Waals surface area contributed by atoms with Gasteiger partial charge in [-0.05, 0) is 20.3 Å². The lowest BCUT2D eigenvalue weighted by molar-refractivity contribution is -0.138. The van der Waals surface area contributed by atoms with E-state index in [2.05, 4.69) is 5.32 Å². The molecule has 0 radical (unpaired) electrons. The normalized spacial score (nSPS) is 11.1. The second-order valence-electron chi connectivity index (χ2n) is 4.10. The summed E-state index contributed by atoms with van der Waals surface area (Å²) in [4.78, 5) is 21.8. The van der Waals surface area contributed by atoms with Crippen LogP contribution in [0.1, 0.15) is 33.1 Å². The summed E-state index contributed by atoms with van der Waals surface area (Å²) in [5.74, 6) is -1.06. The van der Waals surface area contributed by atoms with Crippen LogP contribution in [0.5, 0.6) is 0 Å². The molecule has 0 bridgehead atoms. The number of hydrogen-bond donors (Lipinski definition) is 2. The Kier molecular flexibility index (Phi) is 5.93. The number of aliphatic carboxylic acids is 1. The van der Waals surface area contributed by atoms with Crippen molar-refractivity contribution in [1.29, 1.82) is 0 Å². The third-order valence-corrected chi connectivity index (χ3v) is 1.82. The van der Waals surface area contributed by atoms with Gasteiger partial charge in [-0.1, -0.05) is 0 Å². The first-order valence-corrected chi connectivity index (χ1v) is 4.89. The number of carbonyl (C=O) groups is 2. The number of hydrogen-bond acceptors (Lipinski definition) is 3. The number of ether oxygens (including phenoxy) is 1. The van der Waals surface area contributed by atoms with Crippen molar-refractivity contribution in [3.8, 4) is 0 Å². The molecule has 88 valence electrons. The molecule has 5 heteroatoms. The Labute approximate surface area is 89.8 Å². The molecule has 0 saturated heterocycles. The maximum absolute atomic E-state index is 11.4. The van der Waals surface area contributed by atoms with Crippen LogP contribution in [0.2, 0.25) is 0 Å². The van der Waals surface area contributed by atoms with Gasteiger partial charge in [0.15, 0.2) is 0 Å². The van der Waals surface area contributed by atoms with Crippen LogP contribution in [0, 0.1) is 0 Å². The molecule has 0 rings (SSSR count). The molecule has 0 heterocycles. The third kappa shape index (κ3) is 7.93. The second kappa shape index (κ2) is 6.40. The summed E-state index contributed by atoms with van der Waals surface area (Å²) in [5.41, 5.74) is -0.698. The molecule has 0 spiro atoms. The van der Waals surface area contributed by atoms with Gasteiger partial charge in [0.1, 0.15) is 0 Å². The van der Waals surface area contributed by atoms with E-state index in [9.17, 15) is 9.59 Å². The van der Waals surface area contributed by atoms with Crippen molar-refractivity contribution in [2.75, 3.05) is 13.7 Å². The fourth-order valence-electron chi connectivity index (χ4n) is 1.24. The molecule has 15 heavy (non-hydrogen) atoms. The van der Waals surface area contributed by atoms with E-state index in [1.54, 1.807) is 21.0 Å². The summed E-state index contributed by atoms with van der Waals surface area (Å²) in [6.45, 7) is 3.91. The number of rotatable bonds is 7. The van der Waals surface area contributed by atoms with Crippen molar-refractivity contribution in [3.05, 3.63) is 0 Å². The highest BCUT2D eigenvalue weighted by Gasteiger charge is 2.23. The van der Waals surface area contributed by atoms with E-state index in [0.717, 1.165) is 0 Å². The fraction of sp³-hybridized carbons (Fsp3) is 0.800. The lowest BCUT2D eigenvalue weighted by Crippen LogP contribution is -2.44. The maximum atomic E-state index is 11.4. The monoisotopic (exact) mass is 217 g/mol. The Morgan fingerprint density at radius 3 is 2.47 bits per heavy atom. The zero-order valence-electron chi connectivity index (χ0n) is 9.50. The highest BCUT2D eigenvalue weighted by atomic mass is 16.5. The molecule has 0 unspecified atom stereocenters. The Bertz CT molecular complexity index is 225. The van der Waals surface area contributed by atoms with Gasteiger partial charge in [-0.3, -0.25) is 9.59 Å². The molecule has 0 fully saturated rings. The number of carboxylic acids is 1. The smallest absolute Gasteiger partial charge is 0.305 e. The summed E-state index contributed by atoms with van der Waals surface area (Å²) in [5, 5.41) is 11.3. The lowest BCUT2D eigenvalue weighted by atomic mass is 10.0. The van der Waals surface area contributed by atoms with Gasteiger partial charge in [0.2, 0.25) is 5.91 Å². The molecule has 0 aromatic carbocycles. The average molecular weight is 217 g/mol. The van der Waals surface area contributed by atoms with Crippen LogP contribution >= 0.6 is 0 Å². The number of carboxylic acid groups (broad SMARTS) is 1. The van der Waals surface area contributed by atoms with Gasteiger partial charge >= 0.3 is 5.97 Å². The van der Waals surface area contributed by atoms with Crippen LogP contribution in [0.4, 0.5) is 0 Å². The summed E-state index contributed by atoms with van der Waals surface area (Å²) in [7, 11) is 1.58. The number of carbonyl (C=O) groups excluding carboxylic acids is 1. The van der Waals surface area contributed by atoms with Gasteiger partial charge in [-0.25, -0.2) is 0 Å². The minimum atomic E-state index is -0.919. The van der Waals surface area contributed by atoms with E-state index >= 15 is 0 Å². The van der Waals surface area contributed by atoms with Gasteiger partial charge in [0.05, 0.1) is 6.42 Å². The number of amides is 1. The molecule has 0 aliphatic heterocycles. The second-order valence-corrected chi connectivity index (χ2v) is 4.10. The van der Waals surface area contributed by atoms with Crippen molar-refractivity contribution in [2.24, 2.45) is 0 Å². The van der Waals surface area contributed by atoms with Crippen LogP contribution in [0.25, 0.3) is 0 Å². The lowest BCUT2D eigenvalue weighted by Gasteiger charge is -2.24. The molecule has 0 aromatic heterocycles. The fourth-order valence-corrected chi connectivity index (χ4v) is 1.24. The zero-order chi connectivity index (χ0) is 11.9. The minimum absolute atomic E-state index is 0.0803. The molecule has 0 saturated carbocycles. The van der Waals surface area contributed by atoms with E-state index in [-0.39, 0.29) is 12.3 Å². The van der Waals surface area contributed by atoms with Gasteiger partial charge in [0, 0.05) is 25.7 Å². The Morgan fingerprint density at radius 2 is 2.00 bits per heavy atom. The molecule has 0 aliphatic carbocycles. The molecule has 1 amide bonds. The van der Waals surface area contributed by atoms with Crippen molar-refractivity contribution in [3.63, 3.8) is 0 Å². The van der Waals surface area contributed by atoms with Crippen LogP contribution < -0.4 is 5.32 Å². The standard InChI is InChI=1S/C10H19NO4/c1-10(2,7-9(13)14)11-8(12)5-4-6-15-3/h4-7H2,1-3H3,(H,11,12)(H,13,14). The van der Waals surface area contributed by atoms with Gasteiger partial charge in [0.25, 0.3) is 0 Å². The highest BCUT2D eigenvalue weighted by molar-refractivity contribution is 5.78. The first kappa shape index (κ1) is 13.9. The van der Waals surface area contributed by atoms with Crippen molar-refractivity contribution in [1.82, 2.24) is 5.32 Å². The SMILES string of the molecule is COCCCC(=O)NC(C)(C)CC(=O)O. The van der Waals surface area contributed by atoms with E-state index in [1.807, 2.05) is 0 Å². The number of methoxy groups -OCH3 is 1. The summed E-state index contributed by atoms with van der Waals surface area (Å²) in [6, 6.07) is 0. The molecule has 0 aliphatic rings. The van der Waals surface area contributed by atoms with Crippen LogP contribution in [-0.2, 0) is 14.3 Å². The van der Waals surface area contributed by atoms with E-state index in [0.29, 0.717) is 19.4 Å². The largest absolute Gasteiger partial charge is 0.481 e. The maximum Gasteiger partial charge on any atom is 0.305 e. The van der Waals surface area contributed by atoms with Crippen molar-refractivity contribution < 1.29 is 19.4 Å². The van der Waals surface area contributed by atoms with Crippen LogP contribution in [0.15, 0.2) is 0 Å². The Hall–Kier alpha value is -1.10. The summed E-state index contributed by atoms with van der Waals surface area (Å²) >= 11 is 0. The number of nitrogens with one attached hydrogen (secondary N) is 1. The van der Waals surface area contributed by atoms with Gasteiger partial charge in [-0.2, -0.15) is 0 Å². The minimum Gasteiger partial charge on any atom is -0.481 e. The van der Waals surface area contributed by atoms with Gasteiger partial charge < -0.3 is 15.2 Å². The zero-order valence-corrected chi connectivity index (χ0v) is 9.50. The Balaban J connectivity index is 3.88. The molecule has 2 N–H and O–H groups in total. The third-order valence-electron chi connectivity index (χ3n) is 1.82. The summed E-state index contributed by atoms with van der Waals surface area (Å²) in [6.07, 6.45) is 0.922. The van der Waals surface area contributed by atoms with E-state index in [1.165, 1.54) is 0 Å². The van der Waals surface area contributed by atoms with Gasteiger partial charge in [-0.15, -0.1) is 0 Å². The molecular formula is C10H19NO4. The average Bonchev–Trinajstić information content (AvgIpc) is 2.00. The Morgan fingerprint density at radius 1 is 1.40 bits per heavy atom. The van der Waals surface area contributed by atoms with Crippen molar-refractivity contribution in [2.45, 2.75) is 38.6 Å². The predicted molar refractivity (Wildman–Crippen MR) is 55.6 cm³/mol. The quantitative estimate of drug-likeness (QED) is 0.618. The predicted octanol–water partition coefficient (Wildman–Crippen LogP) is 0.782. The van der Waals surface area contributed by atoms with Crippen LogP contribution in [-0.4, -0.2) is 36.2 Å². The molecule has 0 atom stereocenters. The van der Waals surface area contributed by atoms with Crippen molar-refractivity contribution >= 4 is 11.9 Å². The van der Waals surface area contributed by atoms with E-state index in [4.69, 9.17) is 9.84 Å². The topological polar surface area (TPSA) is 75.6 Å².